The van der Waals surface area contributed by atoms with Crippen LogP contribution in [0, 0.1) is 17.3 Å². The molecule has 0 radical (unpaired) electrons. The van der Waals surface area contributed by atoms with Crippen LogP contribution in [0.5, 0.6) is 0 Å². The fourth-order valence-corrected chi connectivity index (χ4v) is 8.67. The molecular weight excluding hydrogens is 498 g/mol. The number of Topliss-reactive ketones (excluding diaryl/α,β-unsaturated/α-hetero) is 1. The molecule has 1 unspecified atom stereocenters. The molecule has 5 nitrogen and oxygen atoms in total. The highest BCUT2D eigenvalue weighted by Gasteiger charge is 2.65. The molecule has 0 amide bonds. The summed E-state index contributed by atoms with van der Waals surface area (Å²) in [5.74, 6) is 0.854. The quantitative estimate of drug-likeness (QED) is 0.301. The van der Waals surface area contributed by atoms with Gasteiger partial charge >= 0.3 is 5.97 Å². The molecular formula is C35H47NO4. The lowest BCUT2D eigenvalue weighted by molar-refractivity contribution is -0.184. The molecule has 2 saturated carbocycles. The van der Waals surface area contributed by atoms with Gasteiger partial charge in [0.1, 0.15) is 0 Å². The number of fused-ring (bicyclic) bond motifs is 4. The maximum atomic E-state index is 13.7. The lowest BCUT2D eigenvalue weighted by Gasteiger charge is -2.52. The third-order valence-electron chi connectivity index (χ3n) is 10.9. The lowest BCUT2D eigenvalue weighted by Crippen LogP contribution is -2.56. The first kappa shape index (κ1) is 28.8. The average Bonchev–Trinajstić information content (AvgIpc) is 3.23. The van der Waals surface area contributed by atoms with Crippen LogP contribution in [0.3, 0.4) is 0 Å². The number of carbonyl (C=O) groups is 3. The summed E-state index contributed by atoms with van der Waals surface area (Å²) >= 11 is 0. The summed E-state index contributed by atoms with van der Waals surface area (Å²) in [5.41, 5.74) is 5.10. The van der Waals surface area contributed by atoms with Crippen molar-refractivity contribution >= 4 is 23.2 Å². The molecule has 4 aliphatic carbocycles. The Bertz CT molecular complexity index is 1220. The maximum absolute atomic E-state index is 13.7. The fraction of sp³-hybridized carbons (Fsp3) is 0.629. The molecule has 5 atom stereocenters. The van der Waals surface area contributed by atoms with Crippen molar-refractivity contribution in [3.8, 4) is 0 Å². The average molecular weight is 546 g/mol. The second kappa shape index (κ2) is 11.3. The van der Waals surface area contributed by atoms with Crippen molar-refractivity contribution in [3.63, 3.8) is 0 Å². The van der Waals surface area contributed by atoms with Crippen LogP contribution >= 0.6 is 0 Å². The minimum atomic E-state index is -1.05. The summed E-state index contributed by atoms with van der Waals surface area (Å²) in [5, 5.41) is 0. The van der Waals surface area contributed by atoms with Crippen molar-refractivity contribution < 1.29 is 19.1 Å². The van der Waals surface area contributed by atoms with Crippen LogP contribution in [0.15, 0.2) is 47.1 Å². The van der Waals surface area contributed by atoms with Gasteiger partial charge in [0.05, 0.1) is 6.42 Å². The number of nitrogens with zero attached hydrogens (tertiary/aromatic N) is 1. The molecule has 0 aliphatic heterocycles. The molecule has 5 rings (SSSR count). The highest BCUT2D eigenvalue weighted by molar-refractivity contribution is 5.93. The third-order valence-corrected chi connectivity index (χ3v) is 10.9. The fourth-order valence-electron chi connectivity index (χ4n) is 8.67. The Morgan fingerprint density at radius 1 is 1.05 bits per heavy atom. The number of anilines is 1. The minimum absolute atomic E-state index is 0.00190. The molecule has 0 bridgehead atoms. The maximum Gasteiger partial charge on any atom is 0.307 e. The molecule has 4 aliphatic rings. The van der Waals surface area contributed by atoms with E-state index in [1.807, 2.05) is 20.2 Å². The molecule has 0 saturated heterocycles. The summed E-state index contributed by atoms with van der Waals surface area (Å²) in [7, 11) is 4.06. The van der Waals surface area contributed by atoms with E-state index in [0.29, 0.717) is 31.1 Å². The van der Waals surface area contributed by atoms with Gasteiger partial charge in [-0.3, -0.25) is 14.4 Å². The number of benzene rings is 1. The Hall–Kier alpha value is -2.69. The minimum Gasteiger partial charge on any atom is -0.450 e. The molecule has 1 aromatic rings. The summed E-state index contributed by atoms with van der Waals surface area (Å²) in [6.07, 6.45) is 12.0. The van der Waals surface area contributed by atoms with Crippen molar-refractivity contribution in [3.05, 3.63) is 52.6 Å². The Morgan fingerprint density at radius 2 is 1.80 bits per heavy atom. The summed E-state index contributed by atoms with van der Waals surface area (Å²) in [4.78, 5) is 41.3. The predicted octanol–water partition coefficient (Wildman–Crippen LogP) is 7.49. The van der Waals surface area contributed by atoms with Gasteiger partial charge in [-0.15, -0.1) is 0 Å². The van der Waals surface area contributed by atoms with E-state index in [2.05, 4.69) is 43.0 Å². The second-order valence-corrected chi connectivity index (χ2v) is 13.2. The standard InChI is InChI=1S/C35H47NO4/c1-6-7-8-25(24-9-12-27(13-10-24)36(4)5)22-33(39)40-35(23(2)37)20-18-32-31-15-11-26-21-28(38)14-16-29(26)30(31)17-19-34(32,35)3/h9-10,12-13,21,25,31-32H,6-8,11,14-20,22H2,1-5H3/t25?,31-,32+,34+,35+/m1/s1. The molecule has 5 heteroatoms. The van der Waals surface area contributed by atoms with E-state index < -0.39 is 5.60 Å². The highest BCUT2D eigenvalue weighted by atomic mass is 16.6. The van der Waals surface area contributed by atoms with Crippen molar-refractivity contribution in [2.75, 3.05) is 19.0 Å². The number of carbonyl (C=O) groups excluding carboxylic acids is 3. The zero-order chi connectivity index (χ0) is 28.7. The van der Waals surface area contributed by atoms with Gasteiger partial charge in [0.2, 0.25) is 0 Å². The van der Waals surface area contributed by atoms with Crippen LogP contribution in [0.4, 0.5) is 5.69 Å². The molecule has 40 heavy (non-hydrogen) atoms. The zero-order valence-corrected chi connectivity index (χ0v) is 25.2. The van der Waals surface area contributed by atoms with Gasteiger partial charge in [-0.05, 0) is 111 Å². The second-order valence-electron chi connectivity index (χ2n) is 13.2. The van der Waals surface area contributed by atoms with E-state index in [0.717, 1.165) is 69.0 Å². The Kier molecular flexibility index (Phi) is 8.14. The van der Waals surface area contributed by atoms with Crippen molar-refractivity contribution in [1.29, 1.82) is 0 Å². The van der Waals surface area contributed by atoms with E-state index in [4.69, 9.17) is 4.74 Å². The summed E-state index contributed by atoms with van der Waals surface area (Å²) in [6.45, 7) is 6.04. The topological polar surface area (TPSA) is 63.7 Å². The zero-order valence-electron chi connectivity index (χ0n) is 25.2. The first-order valence-corrected chi connectivity index (χ1v) is 15.6. The first-order valence-electron chi connectivity index (χ1n) is 15.6. The number of ether oxygens (including phenoxy) is 1. The Labute approximate surface area is 240 Å². The van der Waals surface area contributed by atoms with Crippen LogP contribution in [0.2, 0.25) is 0 Å². The van der Waals surface area contributed by atoms with Gasteiger partial charge in [0, 0.05) is 31.6 Å². The number of hydrogen-bond donors (Lipinski definition) is 0. The predicted molar refractivity (Wildman–Crippen MR) is 159 cm³/mol. The Balaban J connectivity index is 1.37. The van der Waals surface area contributed by atoms with E-state index >= 15 is 0 Å². The number of ketones is 2. The van der Waals surface area contributed by atoms with Crippen LogP contribution in [0.25, 0.3) is 0 Å². The van der Waals surface area contributed by atoms with Gasteiger partial charge in [-0.1, -0.05) is 44.4 Å². The summed E-state index contributed by atoms with van der Waals surface area (Å²) < 4.78 is 6.46. The number of allylic oxidation sites excluding steroid dienone is 4. The van der Waals surface area contributed by atoms with Crippen molar-refractivity contribution in [2.24, 2.45) is 17.3 Å². The normalized spacial score (nSPS) is 30.1. The molecule has 0 aromatic heterocycles. The van der Waals surface area contributed by atoms with Crippen LogP contribution in [0.1, 0.15) is 109 Å². The molecule has 1 aromatic carbocycles. The SMILES string of the molecule is CCCCC(CC(=O)O[C@]1(C(C)=O)CC[C@H]2[C@@H]3CCC4=CC(=O)CCC4=C3CC[C@@]21C)c1ccc(N(C)C)cc1. The van der Waals surface area contributed by atoms with Gasteiger partial charge in [0.25, 0.3) is 0 Å². The van der Waals surface area contributed by atoms with Crippen molar-refractivity contribution in [2.45, 2.75) is 109 Å². The molecule has 0 heterocycles. The molecule has 0 N–H and O–H groups in total. The monoisotopic (exact) mass is 545 g/mol. The lowest BCUT2D eigenvalue weighted by atomic mass is 9.54. The largest absolute Gasteiger partial charge is 0.450 e. The van der Waals surface area contributed by atoms with Crippen LogP contribution in [-0.2, 0) is 19.1 Å². The number of esters is 1. The highest BCUT2D eigenvalue weighted by Crippen LogP contribution is 2.65. The third kappa shape index (κ3) is 4.99. The molecule has 216 valence electrons. The smallest absolute Gasteiger partial charge is 0.307 e. The van der Waals surface area contributed by atoms with Crippen molar-refractivity contribution in [1.82, 2.24) is 0 Å². The van der Waals surface area contributed by atoms with E-state index in [1.165, 1.54) is 16.7 Å². The van der Waals surface area contributed by atoms with E-state index in [9.17, 15) is 14.4 Å². The number of rotatable bonds is 9. The molecule has 2 fully saturated rings. The molecule has 0 spiro atoms. The number of unbranched alkanes of at least 4 members (excludes halogenated alkanes) is 1. The van der Waals surface area contributed by atoms with E-state index in [-0.39, 0.29) is 28.9 Å². The Morgan fingerprint density at radius 3 is 2.48 bits per heavy atom. The first-order chi connectivity index (χ1) is 19.1. The summed E-state index contributed by atoms with van der Waals surface area (Å²) in [6, 6.07) is 8.50. The van der Waals surface area contributed by atoms with Gasteiger partial charge in [-0.25, -0.2) is 0 Å². The van der Waals surface area contributed by atoms with Gasteiger partial charge < -0.3 is 9.64 Å². The van der Waals surface area contributed by atoms with Gasteiger partial charge in [0.15, 0.2) is 17.2 Å². The van der Waals surface area contributed by atoms with Gasteiger partial charge in [-0.2, -0.15) is 0 Å². The van der Waals surface area contributed by atoms with Crippen LogP contribution in [-0.4, -0.2) is 37.2 Å². The number of hydrogen-bond acceptors (Lipinski definition) is 5. The van der Waals surface area contributed by atoms with E-state index in [1.54, 1.807) is 6.92 Å². The van der Waals surface area contributed by atoms with Crippen LogP contribution < -0.4 is 4.90 Å².